The molecule has 0 saturated heterocycles. The van der Waals surface area contributed by atoms with Gasteiger partial charge in [0.15, 0.2) is 0 Å². The smallest absolute Gasteiger partial charge is 0.0440 e. The molecule has 0 bridgehead atoms. The van der Waals surface area contributed by atoms with Gasteiger partial charge in [0.1, 0.15) is 0 Å². The van der Waals surface area contributed by atoms with Gasteiger partial charge < -0.3 is 5.73 Å². The zero-order chi connectivity index (χ0) is 8.55. The number of pyridine rings is 1. The molecule has 1 aromatic heterocycles. The second-order valence-corrected chi connectivity index (χ2v) is 3.60. The molecular formula is C10H14N2. The van der Waals surface area contributed by atoms with Crippen LogP contribution in [0.15, 0.2) is 18.3 Å². The minimum atomic E-state index is 0.648. The van der Waals surface area contributed by atoms with Crippen LogP contribution in [0, 0.1) is 12.8 Å². The molecule has 0 radical (unpaired) electrons. The summed E-state index contributed by atoms with van der Waals surface area (Å²) in [4.78, 5) is 4.34. The molecular weight excluding hydrogens is 148 g/mol. The van der Waals surface area contributed by atoms with Crippen molar-refractivity contribution in [3.05, 3.63) is 29.6 Å². The maximum atomic E-state index is 5.57. The third-order valence-corrected chi connectivity index (χ3v) is 2.54. The molecule has 1 fully saturated rings. The van der Waals surface area contributed by atoms with Crippen LogP contribution in [-0.2, 0) is 0 Å². The van der Waals surface area contributed by atoms with Crippen LogP contribution in [-0.4, -0.2) is 11.5 Å². The maximum absolute atomic E-state index is 5.57. The van der Waals surface area contributed by atoms with Crippen LogP contribution in [0.25, 0.3) is 0 Å². The predicted molar refractivity (Wildman–Crippen MR) is 48.9 cm³/mol. The van der Waals surface area contributed by atoms with Gasteiger partial charge in [-0.25, -0.2) is 0 Å². The molecule has 12 heavy (non-hydrogen) atoms. The van der Waals surface area contributed by atoms with Crippen molar-refractivity contribution in [3.63, 3.8) is 0 Å². The fourth-order valence-corrected chi connectivity index (χ4v) is 1.63. The van der Waals surface area contributed by atoms with E-state index in [9.17, 15) is 0 Å². The van der Waals surface area contributed by atoms with Crippen molar-refractivity contribution in [2.24, 2.45) is 11.7 Å². The average Bonchev–Trinajstić information content (AvgIpc) is 2.83. The molecule has 2 N–H and O–H groups in total. The lowest BCUT2D eigenvalue weighted by Gasteiger charge is -1.98. The van der Waals surface area contributed by atoms with Crippen molar-refractivity contribution in [1.29, 1.82) is 0 Å². The Balaban J connectivity index is 2.14. The topological polar surface area (TPSA) is 38.9 Å². The van der Waals surface area contributed by atoms with Gasteiger partial charge in [0, 0.05) is 17.8 Å². The first-order valence-electron chi connectivity index (χ1n) is 4.44. The SMILES string of the molecule is Cc1ccnc([C@@H]2C[C@H]2CN)c1. The zero-order valence-electron chi connectivity index (χ0n) is 7.33. The molecule has 1 heterocycles. The molecule has 1 saturated carbocycles. The zero-order valence-corrected chi connectivity index (χ0v) is 7.33. The van der Waals surface area contributed by atoms with E-state index < -0.39 is 0 Å². The lowest BCUT2D eigenvalue weighted by molar-refractivity contribution is 0.796. The Labute approximate surface area is 72.8 Å². The third kappa shape index (κ3) is 1.34. The first-order chi connectivity index (χ1) is 5.81. The van der Waals surface area contributed by atoms with Gasteiger partial charge in [0.25, 0.3) is 0 Å². The summed E-state index contributed by atoms with van der Waals surface area (Å²) in [6, 6.07) is 4.20. The van der Waals surface area contributed by atoms with Gasteiger partial charge in [0.2, 0.25) is 0 Å². The van der Waals surface area contributed by atoms with Crippen LogP contribution < -0.4 is 5.73 Å². The van der Waals surface area contributed by atoms with Crippen molar-refractivity contribution < 1.29 is 0 Å². The van der Waals surface area contributed by atoms with Crippen molar-refractivity contribution in [3.8, 4) is 0 Å². The van der Waals surface area contributed by atoms with Crippen LogP contribution in [0.2, 0.25) is 0 Å². The number of hydrogen-bond donors (Lipinski definition) is 1. The van der Waals surface area contributed by atoms with Crippen LogP contribution in [0.1, 0.15) is 23.6 Å². The van der Waals surface area contributed by atoms with Crippen molar-refractivity contribution in [2.45, 2.75) is 19.3 Å². The fourth-order valence-electron chi connectivity index (χ4n) is 1.63. The molecule has 0 aromatic carbocycles. The van der Waals surface area contributed by atoms with Crippen LogP contribution in [0.5, 0.6) is 0 Å². The number of nitrogens with zero attached hydrogens (tertiary/aromatic N) is 1. The molecule has 64 valence electrons. The first kappa shape index (κ1) is 7.74. The molecule has 0 spiro atoms. The van der Waals surface area contributed by atoms with Crippen LogP contribution in [0.4, 0.5) is 0 Å². The molecule has 2 rings (SSSR count). The van der Waals surface area contributed by atoms with Gasteiger partial charge in [-0.05, 0) is 43.5 Å². The lowest BCUT2D eigenvalue weighted by Crippen LogP contribution is -2.02. The molecule has 1 aromatic rings. The Morgan fingerprint density at radius 3 is 3.08 bits per heavy atom. The fraction of sp³-hybridized carbons (Fsp3) is 0.500. The van der Waals surface area contributed by atoms with E-state index in [0.29, 0.717) is 11.8 Å². The molecule has 0 amide bonds. The first-order valence-corrected chi connectivity index (χ1v) is 4.44. The third-order valence-electron chi connectivity index (χ3n) is 2.54. The Hall–Kier alpha value is -0.890. The Morgan fingerprint density at radius 1 is 1.67 bits per heavy atom. The molecule has 2 heteroatoms. The summed E-state index contributed by atoms with van der Waals surface area (Å²) in [7, 11) is 0. The Kier molecular flexibility index (Phi) is 1.85. The molecule has 2 nitrogen and oxygen atoms in total. The van der Waals surface area contributed by atoms with E-state index in [4.69, 9.17) is 5.73 Å². The van der Waals surface area contributed by atoms with E-state index in [0.717, 1.165) is 6.54 Å². The number of aryl methyl sites for hydroxylation is 1. The second kappa shape index (κ2) is 2.87. The molecule has 1 aliphatic carbocycles. The minimum Gasteiger partial charge on any atom is -0.330 e. The quantitative estimate of drug-likeness (QED) is 0.715. The van der Waals surface area contributed by atoms with Gasteiger partial charge in [-0.15, -0.1) is 0 Å². The number of aromatic nitrogens is 1. The van der Waals surface area contributed by atoms with E-state index in [-0.39, 0.29) is 0 Å². The summed E-state index contributed by atoms with van der Waals surface area (Å²) in [5.41, 5.74) is 8.09. The van der Waals surface area contributed by atoms with E-state index in [1.807, 2.05) is 12.3 Å². The molecule has 0 aliphatic heterocycles. The summed E-state index contributed by atoms with van der Waals surface area (Å²) in [6.07, 6.45) is 3.11. The maximum Gasteiger partial charge on any atom is 0.0440 e. The average molecular weight is 162 g/mol. The number of hydrogen-bond acceptors (Lipinski definition) is 2. The van der Waals surface area contributed by atoms with E-state index in [2.05, 4.69) is 18.0 Å². The Bertz CT molecular complexity index is 283. The summed E-state index contributed by atoms with van der Waals surface area (Å²) in [5.74, 6) is 1.34. The number of nitrogens with two attached hydrogens (primary N) is 1. The summed E-state index contributed by atoms with van der Waals surface area (Å²) < 4.78 is 0. The van der Waals surface area contributed by atoms with Gasteiger partial charge in [-0.1, -0.05) is 0 Å². The summed E-state index contributed by atoms with van der Waals surface area (Å²) >= 11 is 0. The van der Waals surface area contributed by atoms with Crippen molar-refractivity contribution >= 4 is 0 Å². The van der Waals surface area contributed by atoms with Crippen molar-refractivity contribution in [1.82, 2.24) is 4.98 Å². The van der Waals surface area contributed by atoms with Gasteiger partial charge in [-0.2, -0.15) is 0 Å². The highest BCUT2D eigenvalue weighted by atomic mass is 14.7. The highest BCUT2D eigenvalue weighted by molar-refractivity contribution is 5.22. The second-order valence-electron chi connectivity index (χ2n) is 3.60. The van der Waals surface area contributed by atoms with E-state index in [1.165, 1.54) is 17.7 Å². The van der Waals surface area contributed by atoms with Gasteiger partial charge in [-0.3, -0.25) is 4.98 Å². The summed E-state index contributed by atoms with van der Waals surface area (Å²) in [5, 5.41) is 0. The van der Waals surface area contributed by atoms with Gasteiger partial charge >= 0.3 is 0 Å². The van der Waals surface area contributed by atoms with Crippen molar-refractivity contribution in [2.75, 3.05) is 6.54 Å². The highest BCUT2D eigenvalue weighted by Crippen LogP contribution is 2.45. The monoisotopic (exact) mass is 162 g/mol. The van der Waals surface area contributed by atoms with E-state index in [1.54, 1.807) is 0 Å². The normalized spacial score (nSPS) is 27.2. The molecule has 1 aliphatic rings. The summed E-state index contributed by atoms with van der Waals surface area (Å²) in [6.45, 7) is 2.91. The standard InChI is InChI=1S/C10H14N2/c1-7-2-3-12-10(4-7)9-5-8(9)6-11/h2-4,8-9H,5-6,11H2,1H3/t8-,9+/m0/s1. The Morgan fingerprint density at radius 2 is 2.50 bits per heavy atom. The van der Waals surface area contributed by atoms with E-state index >= 15 is 0 Å². The van der Waals surface area contributed by atoms with Crippen LogP contribution in [0.3, 0.4) is 0 Å². The minimum absolute atomic E-state index is 0.648. The molecule has 0 unspecified atom stereocenters. The predicted octanol–water partition coefficient (Wildman–Crippen LogP) is 1.45. The highest BCUT2D eigenvalue weighted by Gasteiger charge is 2.37. The lowest BCUT2D eigenvalue weighted by atomic mass is 10.2. The largest absolute Gasteiger partial charge is 0.330 e. The van der Waals surface area contributed by atoms with Gasteiger partial charge in [0.05, 0.1) is 0 Å². The number of rotatable bonds is 2. The van der Waals surface area contributed by atoms with Crippen LogP contribution >= 0.6 is 0 Å². The molecule has 2 atom stereocenters.